The Morgan fingerprint density at radius 3 is 2.44 bits per heavy atom. The van der Waals surface area contributed by atoms with Crippen molar-refractivity contribution in [1.29, 1.82) is 0 Å². The van der Waals surface area contributed by atoms with Crippen LogP contribution >= 0.6 is 0 Å². The summed E-state index contributed by atoms with van der Waals surface area (Å²) >= 11 is 0. The molecule has 0 spiro atoms. The Labute approximate surface area is 110 Å². The fraction of sp³-hybridized carbons (Fsp3) is 0.786. The summed E-state index contributed by atoms with van der Waals surface area (Å²) in [4.78, 5) is 5.35. The molecule has 1 aromatic rings. The fourth-order valence-corrected chi connectivity index (χ4v) is 3.81. The van der Waals surface area contributed by atoms with E-state index >= 15 is 0 Å². The molecule has 3 heterocycles. The third-order valence-electron chi connectivity index (χ3n) is 4.38. The molecule has 2 aliphatic heterocycles. The number of likely N-dealkylation sites (tertiary alicyclic amines) is 1. The zero-order valence-corrected chi connectivity index (χ0v) is 11.7. The molecule has 3 rings (SSSR count). The molecule has 4 nitrogen and oxygen atoms in total. The van der Waals surface area contributed by atoms with Crippen LogP contribution in [0.25, 0.3) is 0 Å². The Morgan fingerprint density at radius 1 is 1.28 bits per heavy atom. The van der Waals surface area contributed by atoms with E-state index < -0.39 is 0 Å². The van der Waals surface area contributed by atoms with Gasteiger partial charge in [0.15, 0.2) is 0 Å². The maximum absolute atomic E-state index is 4.26. The van der Waals surface area contributed by atoms with Crippen LogP contribution in [0.3, 0.4) is 0 Å². The molecule has 2 aliphatic rings. The van der Waals surface area contributed by atoms with E-state index in [0.717, 1.165) is 18.6 Å². The van der Waals surface area contributed by atoms with Crippen LogP contribution in [-0.4, -0.2) is 50.8 Å². The summed E-state index contributed by atoms with van der Waals surface area (Å²) in [5.41, 5.74) is 1.34. The first-order valence-electron chi connectivity index (χ1n) is 7.11. The van der Waals surface area contributed by atoms with Gasteiger partial charge in [-0.25, -0.2) is 0 Å². The highest BCUT2D eigenvalue weighted by Gasteiger charge is 2.40. The smallest absolute Gasteiger partial charge is 0.0534 e. The van der Waals surface area contributed by atoms with E-state index in [9.17, 15) is 0 Å². The molecular formula is C14H24N4. The second kappa shape index (κ2) is 4.67. The van der Waals surface area contributed by atoms with Gasteiger partial charge in [-0.15, -0.1) is 0 Å². The quantitative estimate of drug-likeness (QED) is 0.810. The van der Waals surface area contributed by atoms with Gasteiger partial charge in [-0.1, -0.05) is 0 Å². The molecule has 0 saturated carbocycles. The number of piperazine rings is 1. The van der Waals surface area contributed by atoms with Crippen molar-refractivity contribution in [2.75, 3.05) is 13.1 Å². The fourth-order valence-electron chi connectivity index (χ4n) is 3.81. The van der Waals surface area contributed by atoms with Crippen LogP contribution in [0.2, 0.25) is 0 Å². The number of fused-ring (bicyclic) bond motifs is 2. The summed E-state index contributed by atoms with van der Waals surface area (Å²) in [5.74, 6) is 0. The largest absolute Gasteiger partial charge is 0.296 e. The first-order chi connectivity index (χ1) is 8.63. The van der Waals surface area contributed by atoms with Crippen LogP contribution in [0.4, 0.5) is 0 Å². The van der Waals surface area contributed by atoms with Gasteiger partial charge in [0.2, 0.25) is 0 Å². The second-order valence-corrected chi connectivity index (χ2v) is 6.14. The lowest BCUT2D eigenvalue weighted by atomic mass is 10.1. The predicted octanol–water partition coefficient (Wildman–Crippen LogP) is 1.48. The van der Waals surface area contributed by atoms with Crippen LogP contribution in [0.15, 0.2) is 12.4 Å². The minimum Gasteiger partial charge on any atom is -0.296 e. The van der Waals surface area contributed by atoms with Crippen LogP contribution in [0.5, 0.6) is 0 Å². The van der Waals surface area contributed by atoms with Crippen molar-refractivity contribution in [2.45, 2.75) is 51.4 Å². The van der Waals surface area contributed by atoms with Gasteiger partial charge in [-0.05, 0) is 26.7 Å². The Morgan fingerprint density at radius 2 is 1.94 bits per heavy atom. The molecule has 0 amide bonds. The van der Waals surface area contributed by atoms with Gasteiger partial charge in [-0.2, -0.15) is 5.10 Å². The summed E-state index contributed by atoms with van der Waals surface area (Å²) in [6, 6.07) is 2.25. The lowest BCUT2D eigenvalue weighted by Gasteiger charge is -2.43. The average molecular weight is 248 g/mol. The number of aromatic nitrogens is 2. The van der Waals surface area contributed by atoms with Crippen molar-refractivity contribution < 1.29 is 0 Å². The van der Waals surface area contributed by atoms with E-state index in [-0.39, 0.29) is 0 Å². The molecule has 2 unspecified atom stereocenters. The zero-order chi connectivity index (χ0) is 12.7. The van der Waals surface area contributed by atoms with E-state index in [1.165, 1.54) is 31.5 Å². The monoisotopic (exact) mass is 248 g/mol. The molecule has 2 saturated heterocycles. The van der Waals surface area contributed by atoms with Crippen molar-refractivity contribution >= 4 is 0 Å². The number of aryl methyl sites for hydroxylation is 1. The van der Waals surface area contributed by atoms with Gasteiger partial charge in [-0.3, -0.25) is 14.5 Å². The molecule has 2 atom stereocenters. The molecule has 0 N–H and O–H groups in total. The molecule has 0 aromatic carbocycles. The molecule has 18 heavy (non-hydrogen) atoms. The summed E-state index contributed by atoms with van der Waals surface area (Å²) in [7, 11) is 1.99. The second-order valence-electron chi connectivity index (χ2n) is 6.14. The molecule has 0 aliphatic carbocycles. The molecule has 100 valence electrons. The lowest BCUT2D eigenvalue weighted by molar-refractivity contribution is 0.0400. The van der Waals surface area contributed by atoms with Crippen LogP contribution < -0.4 is 0 Å². The first kappa shape index (κ1) is 12.2. The third-order valence-corrected chi connectivity index (χ3v) is 4.38. The highest BCUT2D eigenvalue weighted by molar-refractivity contribution is 5.05. The van der Waals surface area contributed by atoms with Gasteiger partial charge in [0.1, 0.15) is 0 Å². The number of hydrogen-bond acceptors (Lipinski definition) is 3. The third kappa shape index (κ3) is 2.19. The van der Waals surface area contributed by atoms with E-state index in [1.54, 1.807) is 0 Å². The topological polar surface area (TPSA) is 24.3 Å². The van der Waals surface area contributed by atoms with Gasteiger partial charge < -0.3 is 0 Å². The van der Waals surface area contributed by atoms with E-state index in [0.29, 0.717) is 6.04 Å². The summed E-state index contributed by atoms with van der Waals surface area (Å²) in [6.45, 7) is 8.18. The molecule has 2 fully saturated rings. The molecule has 0 radical (unpaired) electrons. The number of hydrogen-bond donors (Lipinski definition) is 0. The molecular weight excluding hydrogens is 224 g/mol. The SMILES string of the molecule is CC(C)N1C2CCC1CN(Cc1cnn(C)c1)C2. The predicted molar refractivity (Wildman–Crippen MR) is 72.3 cm³/mol. The minimum absolute atomic E-state index is 0.697. The van der Waals surface area contributed by atoms with Gasteiger partial charge >= 0.3 is 0 Å². The normalized spacial score (nSPS) is 29.3. The maximum Gasteiger partial charge on any atom is 0.0534 e. The highest BCUT2D eigenvalue weighted by Crippen LogP contribution is 2.32. The number of nitrogens with zero attached hydrogens (tertiary/aromatic N) is 4. The first-order valence-corrected chi connectivity index (χ1v) is 7.11. The van der Waals surface area contributed by atoms with Gasteiger partial charge in [0.05, 0.1) is 6.20 Å². The Bertz CT molecular complexity index is 398. The minimum atomic E-state index is 0.697. The Hall–Kier alpha value is -0.870. The zero-order valence-electron chi connectivity index (χ0n) is 11.7. The van der Waals surface area contributed by atoms with Crippen molar-refractivity contribution in [2.24, 2.45) is 7.05 Å². The van der Waals surface area contributed by atoms with Crippen molar-refractivity contribution in [3.05, 3.63) is 18.0 Å². The van der Waals surface area contributed by atoms with Crippen LogP contribution in [0.1, 0.15) is 32.3 Å². The van der Waals surface area contributed by atoms with E-state index in [1.807, 2.05) is 17.9 Å². The van der Waals surface area contributed by atoms with Gasteiger partial charge in [0.25, 0.3) is 0 Å². The van der Waals surface area contributed by atoms with E-state index in [2.05, 4.69) is 34.9 Å². The van der Waals surface area contributed by atoms with Crippen molar-refractivity contribution in [3.8, 4) is 0 Å². The average Bonchev–Trinajstić information content (AvgIpc) is 2.81. The molecule has 2 bridgehead atoms. The van der Waals surface area contributed by atoms with Crippen LogP contribution in [0, 0.1) is 0 Å². The summed E-state index contributed by atoms with van der Waals surface area (Å²) in [5, 5.41) is 4.26. The Kier molecular flexibility index (Phi) is 3.16. The van der Waals surface area contributed by atoms with E-state index in [4.69, 9.17) is 0 Å². The maximum atomic E-state index is 4.26. The lowest BCUT2D eigenvalue weighted by Crippen LogP contribution is -2.55. The van der Waals surface area contributed by atoms with Crippen LogP contribution in [-0.2, 0) is 13.6 Å². The molecule has 1 aromatic heterocycles. The Balaban J connectivity index is 1.65. The summed E-state index contributed by atoms with van der Waals surface area (Å²) in [6.07, 6.45) is 6.90. The van der Waals surface area contributed by atoms with Gasteiger partial charge in [0, 0.05) is 56.6 Å². The number of rotatable bonds is 3. The standard InChI is InChI=1S/C14H24N4/c1-11(2)18-13-4-5-14(18)10-17(9-13)8-12-6-15-16(3)7-12/h6-7,11,13-14H,4-5,8-10H2,1-3H3. The molecule has 4 heteroatoms. The van der Waals surface area contributed by atoms with Crippen molar-refractivity contribution in [3.63, 3.8) is 0 Å². The highest BCUT2D eigenvalue weighted by atomic mass is 15.3. The van der Waals surface area contributed by atoms with Crippen molar-refractivity contribution in [1.82, 2.24) is 19.6 Å². The summed E-state index contributed by atoms with van der Waals surface area (Å²) < 4.78 is 1.90.